The highest BCUT2D eigenvalue weighted by Crippen LogP contribution is 2.09. The van der Waals surface area contributed by atoms with E-state index >= 15 is 0 Å². The van der Waals surface area contributed by atoms with Crippen molar-refractivity contribution in [1.29, 1.82) is 0 Å². The molecule has 12 heavy (non-hydrogen) atoms. The molecule has 1 unspecified atom stereocenters. The molecule has 1 amide bonds. The molecule has 3 nitrogen and oxygen atoms in total. The molecule has 0 bridgehead atoms. The maximum Gasteiger partial charge on any atom is 0.219 e. The van der Waals surface area contributed by atoms with Gasteiger partial charge in [-0.2, -0.15) is 0 Å². The summed E-state index contributed by atoms with van der Waals surface area (Å²) in [5, 5.41) is 3.34. The van der Waals surface area contributed by atoms with Crippen molar-refractivity contribution in [2.24, 2.45) is 5.73 Å². The quantitative estimate of drug-likeness (QED) is 0.650. The van der Waals surface area contributed by atoms with Crippen LogP contribution in [0.4, 0.5) is 0 Å². The highest BCUT2D eigenvalue weighted by molar-refractivity contribution is 5.74. The summed E-state index contributed by atoms with van der Waals surface area (Å²) in [6.07, 6.45) is 1.44. The van der Waals surface area contributed by atoms with Crippen LogP contribution < -0.4 is 11.1 Å². The van der Waals surface area contributed by atoms with Crippen molar-refractivity contribution < 1.29 is 4.79 Å². The third kappa shape index (κ3) is 5.13. The van der Waals surface area contributed by atoms with Crippen LogP contribution in [0.25, 0.3) is 0 Å². The van der Waals surface area contributed by atoms with E-state index in [1.54, 1.807) is 0 Å². The van der Waals surface area contributed by atoms with Crippen LogP contribution >= 0.6 is 0 Å². The molecule has 0 saturated heterocycles. The zero-order valence-corrected chi connectivity index (χ0v) is 8.48. The Morgan fingerprint density at radius 2 is 2.08 bits per heavy atom. The normalized spacial score (nSPS) is 14.3. The average molecular weight is 172 g/mol. The molecule has 0 heterocycles. The minimum atomic E-state index is -0.254. The molecule has 0 aromatic rings. The third-order valence-electron chi connectivity index (χ3n) is 1.87. The summed E-state index contributed by atoms with van der Waals surface area (Å²) in [4.78, 5) is 10.7. The Morgan fingerprint density at radius 1 is 1.58 bits per heavy atom. The lowest BCUT2D eigenvalue weighted by atomic mass is 9.98. The first kappa shape index (κ1) is 11.4. The molecule has 0 radical (unpaired) electrons. The Bertz CT molecular complexity index is 155. The second-order valence-electron chi connectivity index (χ2n) is 3.98. The number of nitrogens with two attached hydrogens (primary N) is 1. The molecule has 0 spiro atoms. The van der Waals surface area contributed by atoms with Gasteiger partial charge >= 0.3 is 0 Å². The molecule has 3 heteroatoms. The molecule has 72 valence electrons. The summed E-state index contributed by atoms with van der Waals surface area (Å²) in [5.41, 5.74) is 4.94. The number of nitrogens with one attached hydrogen (secondary N) is 1. The summed E-state index contributed by atoms with van der Waals surface area (Å²) in [7, 11) is 0. The van der Waals surface area contributed by atoms with Crippen molar-refractivity contribution in [2.45, 2.75) is 52.1 Å². The minimum absolute atomic E-state index is 0.179. The Balaban J connectivity index is 3.94. The number of hydrogen-bond donors (Lipinski definition) is 2. The van der Waals surface area contributed by atoms with Crippen LogP contribution in [-0.2, 0) is 4.79 Å². The molecular formula is C9H20N2O. The van der Waals surface area contributed by atoms with Crippen LogP contribution in [-0.4, -0.2) is 17.5 Å². The van der Waals surface area contributed by atoms with Gasteiger partial charge in [0.15, 0.2) is 0 Å². The van der Waals surface area contributed by atoms with Gasteiger partial charge in [0, 0.05) is 18.0 Å². The molecule has 0 aromatic carbocycles. The van der Waals surface area contributed by atoms with Crippen LogP contribution in [0.3, 0.4) is 0 Å². The van der Waals surface area contributed by atoms with Crippen molar-refractivity contribution in [3.8, 4) is 0 Å². The summed E-state index contributed by atoms with van der Waals surface area (Å²) in [6.45, 7) is 8.19. The van der Waals surface area contributed by atoms with Crippen molar-refractivity contribution in [2.75, 3.05) is 0 Å². The van der Waals surface area contributed by atoms with E-state index in [0.717, 1.165) is 6.42 Å². The van der Waals surface area contributed by atoms with E-state index < -0.39 is 0 Å². The van der Waals surface area contributed by atoms with E-state index in [0.29, 0.717) is 12.5 Å². The second kappa shape index (κ2) is 4.45. The molecule has 0 aliphatic carbocycles. The van der Waals surface area contributed by atoms with Crippen molar-refractivity contribution >= 4 is 5.91 Å². The molecule has 3 N–H and O–H groups in total. The number of hydrogen-bond acceptors (Lipinski definition) is 2. The Hall–Kier alpha value is -0.570. The van der Waals surface area contributed by atoms with E-state index in [4.69, 9.17) is 5.73 Å². The number of primary amides is 1. The van der Waals surface area contributed by atoms with Crippen LogP contribution in [0.2, 0.25) is 0 Å². The lowest BCUT2D eigenvalue weighted by molar-refractivity contribution is -0.119. The zero-order valence-electron chi connectivity index (χ0n) is 8.48. The van der Waals surface area contributed by atoms with Crippen LogP contribution in [0.5, 0.6) is 0 Å². The standard InChI is InChI=1S/C9H20N2O/c1-5-7(2)11-9(3,4)6-8(10)12/h7,11H,5-6H2,1-4H3,(H2,10,12). The average Bonchev–Trinajstić information content (AvgIpc) is 1.83. The fourth-order valence-electron chi connectivity index (χ4n) is 1.26. The van der Waals surface area contributed by atoms with E-state index in [-0.39, 0.29) is 11.4 Å². The predicted molar refractivity (Wildman–Crippen MR) is 50.8 cm³/mol. The summed E-state index contributed by atoms with van der Waals surface area (Å²) >= 11 is 0. The van der Waals surface area contributed by atoms with E-state index in [1.165, 1.54) is 0 Å². The maximum absolute atomic E-state index is 10.7. The fourth-order valence-corrected chi connectivity index (χ4v) is 1.26. The molecular weight excluding hydrogens is 152 g/mol. The van der Waals surface area contributed by atoms with Gasteiger partial charge in [0.05, 0.1) is 0 Å². The Morgan fingerprint density at radius 3 is 2.42 bits per heavy atom. The van der Waals surface area contributed by atoms with Crippen LogP contribution in [0, 0.1) is 0 Å². The molecule has 0 rings (SSSR count). The lowest BCUT2D eigenvalue weighted by Gasteiger charge is -2.28. The molecule has 0 saturated carbocycles. The Kier molecular flexibility index (Phi) is 4.24. The highest BCUT2D eigenvalue weighted by atomic mass is 16.1. The fraction of sp³-hybridized carbons (Fsp3) is 0.889. The largest absolute Gasteiger partial charge is 0.370 e. The zero-order chi connectivity index (χ0) is 9.78. The predicted octanol–water partition coefficient (Wildman–Crippen LogP) is 1.03. The van der Waals surface area contributed by atoms with Crippen molar-refractivity contribution in [1.82, 2.24) is 5.32 Å². The van der Waals surface area contributed by atoms with Gasteiger partial charge in [-0.25, -0.2) is 0 Å². The first-order valence-corrected chi connectivity index (χ1v) is 4.43. The lowest BCUT2D eigenvalue weighted by Crippen LogP contribution is -2.46. The smallest absolute Gasteiger partial charge is 0.219 e. The van der Waals surface area contributed by atoms with E-state index in [9.17, 15) is 4.79 Å². The monoisotopic (exact) mass is 172 g/mol. The SMILES string of the molecule is CCC(C)NC(C)(C)CC(N)=O. The Labute approximate surface area is 74.7 Å². The number of amides is 1. The third-order valence-corrected chi connectivity index (χ3v) is 1.87. The maximum atomic E-state index is 10.7. The van der Waals surface area contributed by atoms with E-state index in [2.05, 4.69) is 19.2 Å². The van der Waals surface area contributed by atoms with Gasteiger partial charge in [0.2, 0.25) is 5.91 Å². The minimum Gasteiger partial charge on any atom is -0.370 e. The van der Waals surface area contributed by atoms with E-state index in [1.807, 2.05) is 13.8 Å². The molecule has 0 aliphatic rings. The molecule has 0 aromatic heterocycles. The summed E-state index contributed by atoms with van der Waals surface area (Å²) < 4.78 is 0. The van der Waals surface area contributed by atoms with Crippen molar-refractivity contribution in [3.63, 3.8) is 0 Å². The van der Waals surface area contributed by atoms with Crippen molar-refractivity contribution in [3.05, 3.63) is 0 Å². The van der Waals surface area contributed by atoms with Gasteiger partial charge in [-0.3, -0.25) is 4.79 Å². The first-order chi connectivity index (χ1) is 5.37. The molecule has 0 aliphatic heterocycles. The second-order valence-corrected chi connectivity index (χ2v) is 3.98. The summed E-state index contributed by atoms with van der Waals surface area (Å²) in [5.74, 6) is -0.254. The number of rotatable bonds is 5. The molecule has 0 fully saturated rings. The first-order valence-electron chi connectivity index (χ1n) is 4.43. The summed E-state index contributed by atoms with van der Waals surface area (Å²) in [6, 6.07) is 0.430. The molecule has 1 atom stereocenters. The van der Waals surface area contributed by atoms with Gasteiger partial charge in [0.25, 0.3) is 0 Å². The number of carbonyl (C=O) groups excluding carboxylic acids is 1. The number of carbonyl (C=O) groups is 1. The van der Waals surface area contributed by atoms with Gasteiger partial charge < -0.3 is 11.1 Å². The van der Waals surface area contributed by atoms with Gasteiger partial charge in [0.1, 0.15) is 0 Å². The van der Waals surface area contributed by atoms with Gasteiger partial charge in [-0.1, -0.05) is 6.92 Å². The van der Waals surface area contributed by atoms with Crippen LogP contribution in [0.15, 0.2) is 0 Å². The highest BCUT2D eigenvalue weighted by Gasteiger charge is 2.21. The van der Waals surface area contributed by atoms with Gasteiger partial charge in [-0.05, 0) is 27.2 Å². The van der Waals surface area contributed by atoms with Gasteiger partial charge in [-0.15, -0.1) is 0 Å². The topological polar surface area (TPSA) is 55.1 Å². The van der Waals surface area contributed by atoms with Crippen LogP contribution in [0.1, 0.15) is 40.5 Å².